The zero-order valence-corrected chi connectivity index (χ0v) is 15.9. The highest BCUT2D eigenvalue weighted by molar-refractivity contribution is 7.89. The fourth-order valence-corrected chi connectivity index (χ4v) is 5.27. The smallest absolute Gasteiger partial charge is 0.240 e. The van der Waals surface area contributed by atoms with Crippen LogP contribution in [-0.4, -0.2) is 26.7 Å². The van der Waals surface area contributed by atoms with Crippen LogP contribution >= 0.6 is 11.3 Å². The number of nitrogens with one attached hydrogen (secondary N) is 1. The van der Waals surface area contributed by atoms with Crippen LogP contribution in [-0.2, 0) is 22.0 Å². The van der Waals surface area contributed by atoms with Crippen LogP contribution in [0.2, 0.25) is 0 Å². The minimum atomic E-state index is -3.71. The summed E-state index contributed by atoms with van der Waals surface area (Å²) < 4.78 is 34.3. The minimum absolute atomic E-state index is 0.101. The van der Waals surface area contributed by atoms with Crippen molar-refractivity contribution in [2.75, 3.05) is 13.2 Å². The third kappa shape index (κ3) is 3.23. The summed E-state index contributed by atoms with van der Waals surface area (Å²) in [6.45, 7) is 2.10. The first-order valence-corrected chi connectivity index (χ1v) is 10.6. The van der Waals surface area contributed by atoms with Gasteiger partial charge in [0.15, 0.2) is 0 Å². The molecule has 0 saturated carbocycles. The van der Waals surface area contributed by atoms with Crippen molar-refractivity contribution in [1.29, 1.82) is 0 Å². The van der Waals surface area contributed by atoms with Crippen molar-refractivity contribution in [3.05, 3.63) is 59.0 Å². The van der Waals surface area contributed by atoms with E-state index in [0.29, 0.717) is 13.0 Å². The van der Waals surface area contributed by atoms with Gasteiger partial charge in [-0.3, -0.25) is 0 Å². The summed E-state index contributed by atoms with van der Waals surface area (Å²) in [5.74, 6) is 0.737. The van der Waals surface area contributed by atoms with E-state index >= 15 is 0 Å². The number of hydrogen-bond donors (Lipinski definition) is 2. The van der Waals surface area contributed by atoms with Gasteiger partial charge in [-0.05, 0) is 48.2 Å². The van der Waals surface area contributed by atoms with Gasteiger partial charge < -0.3 is 9.84 Å². The van der Waals surface area contributed by atoms with Gasteiger partial charge in [-0.25, -0.2) is 13.1 Å². The number of hydrogen-bond acceptors (Lipinski definition) is 5. The molecule has 5 nitrogen and oxygen atoms in total. The molecule has 0 aliphatic carbocycles. The minimum Gasteiger partial charge on any atom is -0.493 e. The maximum atomic E-state index is 12.6. The lowest BCUT2D eigenvalue weighted by Crippen LogP contribution is -2.38. The molecule has 0 spiro atoms. The van der Waals surface area contributed by atoms with Gasteiger partial charge in [0.2, 0.25) is 10.0 Å². The Hall–Kier alpha value is -1.93. The highest BCUT2D eigenvalue weighted by atomic mass is 32.2. The van der Waals surface area contributed by atoms with Crippen molar-refractivity contribution in [1.82, 2.24) is 4.72 Å². The number of thiophene rings is 1. The fraction of sp³-hybridized carbons (Fsp3) is 0.263. The zero-order chi connectivity index (χ0) is 18.4. The Morgan fingerprint density at radius 1 is 1.23 bits per heavy atom. The van der Waals surface area contributed by atoms with Crippen LogP contribution in [0, 0.1) is 0 Å². The van der Waals surface area contributed by atoms with Gasteiger partial charge in [0.05, 0.1) is 11.5 Å². The van der Waals surface area contributed by atoms with Crippen LogP contribution in [0.25, 0.3) is 10.1 Å². The van der Waals surface area contributed by atoms with Gasteiger partial charge in [-0.2, -0.15) is 0 Å². The number of sulfonamides is 1. The molecule has 0 fully saturated rings. The van der Waals surface area contributed by atoms with Crippen molar-refractivity contribution in [3.8, 4) is 5.75 Å². The van der Waals surface area contributed by atoms with E-state index in [1.165, 1.54) is 17.4 Å². The second-order valence-electron chi connectivity index (χ2n) is 6.61. The summed E-state index contributed by atoms with van der Waals surface area (Å²) in [6.07, 6.45) is 0.707. The van der Waals surface area contributed by atoms with Crippen molar-refractivity contribution in [2.24, 2.45) is 0 Å². The molecule has 26 heavy (non-hydrogen) atoms. The molecule has 3 aromatic rings. The van der Waals surface area contributed by atoms with Gasteiger partial charge in [0, 0.05) is 22.5 Å². The fourth-order valence-electron chi connectivity index (χ4n) is 2.98. The maximum absolute atomic E-state index is 12.6. The maximum Gasteiger partial charge on any atom is 0.240 e. The molecule has 0 amide bonds. The summed E-state index contributed by atoms with van der Waals surface area (Å²) in [4.78, 5) is 0.914. The third-order valence-corrected chi connectivity index (χ3v) is 7.30. The number of benzene rings is 2. The first-order valence-electron chi connectivity index (χ1n) is 8.32. The quantitative estimate of drug-likeness (QED) is 0.703. The van der Waals surface area contributed by atoms with Gasteiger partial charge in [-0.15, -0.1) is 11.3 Å². The monoisotopic (exact) mass is 389 g/mol. The topological polar surface area (TPSA) is 75.6 Å². The number of aliphatic hydroxyl groups is 1. The van der Waals surface area contributed by atoms with Crippen LogP contribution in [0.5, 0.6) is 5.75 Å². The van der Waals surface area contributed by atoms with E-state index in [2.05, 4.69) is 4.72 Å². The average Bonchev–Trinajstić information content (AvgIpc) is 3.26. The molecule has 0 saturated heterocycles. The van der Waals surface area contributed by atoms with Gasteiger partial charge in [-0.1, -0.05) is 18.2 Å². The summed E-state index contributed by atoms with van der Waals surface area (Å²) in [5, 5.41) is 11.9. The van der Waals surface area contributed by atoms with Crippen molar-refractivity contribution in [2.45, 2.75) is 23.8 Å². The molecule has 1 atom stereocenters. The first-order chi connectivity index (χ1) is 12.4. The van der Waals surface area contributed by atoms with E-state index in [4.69, 9.17) is 4.74 Å². The van der Waals surface area contributed by atoms with Crippen molar-refractivity contribution in [3.63, 3.8) is 0 Å². The molecular weight excluding hydrogens is 370 g/mol. The van der Waals surface area contributed by atoms with Crippen molar-refractivity contribution >= 4 is 31.4 Å². The molecule has 1 aliphatic rings. The predicted molar refractivity (Wildman–Crippen MR) is 102 cm³/mol. The lowest BCUT2D eigenvalue weighted by molar-refractivity contribution is 0.0666. The standard InChI is InChI=1S/C19H19NO4S2/c1-19(21,18-11-14-4-2-3-5-17(14)25-18)12-20-26(22,23)15-6-7-16-13(10-15)8-9-24-16/h2-7,10-11,20-21H,8-9,12H2,1H3. The van der Waals surface area contributed by atoms with Crippen molar-refractivity contribution < 1.29 is 18.3 Å². The van der Waals surface area contributed by atoms with E-state index in [0.717, 1.165) is 26.3 Å². The van der Waals surface area contributed by atoms with Gasteiger partial charge in [0.1, 0.15) is 11.4 Å². The molecule has 0 bridgehead atoms. The van der Waals surface area contributed by atoms with Crippen LogP contribution in [0.15, 0.2) is 53.4 Å². The number of ether oxygens (including phenoxy) is 1. The Morgan fingerprint density at radius 3 is 2.85 bits per heavy atom. The van der Waals surface area contributed by atoms with E-state index < -0.39 is 15.6 Å². The third-order valence-electron chi connectivity index (χ3n) is 4.53. The van der Waals surface area contributed by atoms with Crippen LogP contribution in [0.4, 0.5) is 0 Å². The largest absolute Gasteiger partial charge is 0.493 e. The SMILES string of the molecule is CC(O)(CNS(=O)(=O)c1ccc2c(c1)CCO2)c1cc2ccccc2s1. The average molecular weight is 389 g/mol. The van der Waals surface area contributed by atoms with Crippen LogP contribution in [0.3, 0.4) is 0 Å². The summed E-state index contributed by atoms with van der Waals surface area (Å²) >= 11 is 1.47. The second kappa shape index (κ2) is 6.35. The highest BCUT2D eigenvalue weighted by Crippen LogP contribution is 2.33. The normalized spacial score (nSPS) is 16.2. The molecule has 1 aliphatic heterocycles. The zero-order valence-electron chi connectivity index (χ0n) is 14.2. The number of fused-ring (bicyclic) bond motifs is 2. The van der Waals surface area contributed by atoms with E-state index in [1.54, 1.807) is 19.1 Å². The molecule has 1 aromatic heterocycles. The molecule has 2 N–H and O–H groups in total. The molecular formula is C19H19NO4S2. The Balaban J connectivity index is 1.54. The summed E-state index contributed by atoms with van der Waals surface area (Å²) in [6, 6.07) is 14.6. The second-order valence-corrected chi connectivity index (χ2v) is 9.47. The highest BCUT2D eigenvalue weighted by Gasteiger charge is 2.28. The molecule has 1 unspecified atom stereocenters. The molecule has 2 heterocycles. The lowest BCUT2D eigenvalue weighted by Gasteiger charge is -2.22. The molecule has 2 aromatic carbocycles. The van der Waals surface area contributed by atoms with Crippen LogP contribution < -0.4 is 9.46 Å². The first kappa shape index (κ1) is 17.5. The van der Waals surface area contributed by atoms with E-state index in [-0.39, 0.29) is 11.4 Å². The predicted octanol–water partition coefficient (Wildman–Crippen LogP) is 3.02. The Bertz CT molecular complexity index is 1040. The molecule has 4 rings (SSSR count). The van der Waals surface area contributed by atoms with Gasteiger partial charge >= 0.3 is 0 Å². The van der Waals surface area contributed by atoms with Gasteiger partial charge in [0.25, 0.3) is 0 Å². The molecule has 0 radical (unpaired) electrons. The Kier molecular flexibility index (Phi) is 4.27. The van der Waals surface area contributed by atoms with Crippen LogP contribution in [0.1, 0.15) is 17.4 Å². The summed E-state index contributed by atoms with van der Waals surface area (Å²) in [5.41, 5.74) is -0.402. The molecule has 7 heteroatoms. The van der Waals surface area contributed by atoms with E-state index in [1.807, 2.05) is 30.3 Å². The number of rotatable bonds is 5. The van der Waals surface area contributed by atoms with E-state index in [9.17, 15) is 13.5 Å². The summed E-state index contributed by atoms with van der Waals surface area (Å²) in [7, 11) is -3.71. The lowest BCUT2D eigenvalue weighted by atomic mass is 10.1. The molecule has 136 valence electrons. The Labute approximate surface area is 156 Å². The Morgan fingerprint density at radius 2 is 2.04 bits per heavy atom.